The van der Waals surface area contributed by atoms with Gasteiger partial charge in [-0.05, 0) is 42.5 Å². The molecule has 1 heterocycles. The van der Waals surface area contributed by atoms with Crippen LogP contribution in [0.25, 0.3) is 0 Å². The lowest BCUT2D eigenvalue weighted by Gasteiger charge is -2.28. The lowest BCUT2D eigenvalue weighted by Crippen LogP contribution is -2.52. The van der Waals surface area contributed by atoms with Crippen LogP contribution in [0.4, 0.5) is 0 Å². The lowest BCUT2D eigenvalue weighted by molar-refractivity contribution is -0.139. The zero-order chi connectivity index (χ0) is 19.0. The molecule has 1 aliphatic heterocycles. The SMILES string of the molecule is COCC(C)(CC(=O)O)NC(=O)COc1ccc(C2SCCCS2)cc1. The van der Waals surface area contributed by atoms with E-state index >= 15 is 0 Å². The fourth-order valence-electron chi connectivity index (χ4n) is 2.71. The Hall–Kier alpha value is -1.38. The Morgan fingerprint density at radius 2 is 1.92 bits per heavy atom. The number of methoxy groups -OCH3 is 1. The first-order valence-electron chi connectivity index (χ1n) is 8.39. The first-order valence-corrected chi connectivity index (χ1v) is 10.5. The van der Waals surface area contributed by atoms with Crippen LogP contribution in [0.1, 0.15) is 29.9 Å². The van der Waals surface area contributed by atoms with E-state index in [1.165, 1.54) is 30.6 Å². The van der Waals surface area contributed by atoms with Crippen molar-refractivity contribution >= 4 is 35.4 Å². The van der Waals surface area contributed by atoms with E-state index in [0.717, 1.165) is 0 Å². The zero-order valence-corrected chi connectivity index (χ0v) is 16.7. The van der Waals surface area contributed by atoms with Crippen LogP contribution in [0.5, 0.6) is 5.75 Å². The number of ether oxygens (including phenoxy) is 2. The third-order valence-electron chi connectivity index (χ3n) is 3.79. The van der Waals surface area contributed by atoms with Gasteiger partial charge in [-0.1, -0.05) is 12.1 Å². The molecule has 0 saturated carbocycles. The highest BCUT2D eigenvalue weighted by molar-refractivity contribution is 8.16. The van der Waals surface area contributed by atoms with Crippen LogP contribution in [0.2, 0.25) is 0 Å². The van der Waals surface area contributed by atoms with Gasteiger partial charge in [0.25, 0.3) is 5.91 Å². The molecule has 1 atom stereocenters. The number of aliphatic carboxylic acids is 1. The monoisotopic (exact) mass is 399 g/mol. The number of hydrogen-bond donors (Lipinski definition) is 2. The second-order valence-corrected chi connectivity index (χ2v) is 9.12. The summed E-state index contributed by atoms with van der Waals surface area (Å²) in [6.45, 7) is 1.57. The molecule has 0 spiro atoms. The van der Waals surface area contributed by atoms with Gasteiger partial charge in [-0.15, -0.1) is 23.5 Å². The number of carboxylic acid groups (broad SMARTS) is 1. The topological polar surface area (TPSA) is 84.9 Å². The molecule has 1 fully saturated rings. The molecule has 144 valence electrons. The number of benzene rings is 1. The highest BCUT2D eigenvalue weighted by Gasteiger charge is 2.29. The third kappa shape index (κ3) is 6.74. The number of carbonyl (C=O) groups excluding carboxylic acids is 1. The Bertz CT molecular complexity index is 604. The fourth-order valence-corrected chi connectivity index (χ4v) is 5.60. The summed E-state index contributed by atoms with van der Waals surface area (Å²) in [5, 5.41) is 11.7. The van der Waals surface area contributed by atoms with Crippen molar-refractivity contribution < 1.29 is 24.2 Å². The van der Waals surface area contributed by atoms with Gasteiger partial charge in [-0.25, -0.2) is 0 Å². The second kappa shape index (κ2) is 10.1. The Labute approximate surface area is 162 Å². The molecule has 0 radical (unpaired) electrons. The average molecular weight is 400 g/mol. The summed E-state index contributed by atoms with van der Waals surface area (Å²) in [6, 6.07) is 7.79. The Morgan fingerprint density at radius 3 is 2.50 bits per heavy atom. The molecule has 2 N–H and O–H groups in total. The predicted molar refractivity (Wildman–Crippen MR) is 105 cm³/mol. The van der Waals surface area contributed by atoms with Gasteiger partial charge in [-0.3, -0.25) is 9.59 Å². The molecule has 6 nitrogen and oxygen atoms in total. The van der Waals surface area contributed by atoms with Gasteiger partial charge in [-0.2, -0.15) is 0 Å². The summed E-state index contributed by atoms with van der Waals surface area (Å²) in [5.41, 5.74) is 0.283. The van der Waals surface area contributed by atoms with E-state index in [1.54, 1.807) is 6.92 Å². The first kappa shape index (κ1) is 20.9. The molecule has 0 bridgehead atoms. The Balaban J connectivity index is 1.85. The van der Waals surface area contributed by atoms with Crippen LogP contribution >= 0.6 is 23.5 Å². The summed E-state index contributed by atoms with van der Waals surface area (Å²) in [6.07, 6.45) is 1.03. The van der Waals surface area contributed by atoms with E-state index in [9.17, 15) is 9.59 Å². The van der Waals surface area contributed by atoms with Crippen molar-refractivity contribution in [2.45, 2.75) is 29.9 Å². The predicted octanol–water partition coefficient (Wildman–Crippen LogP) is 2.93. The number of nitrogens with one attached hydrogen (secondary N) is 1. The van der Waals surface area contributed by atoms with Crippen molar-refractivity contribution in [3.8, 4) is 5.75 Å². The van der Waals surface area contributed by atoms with E-state index in [0.29, 0.717) is 10.3 Å². The van der Waals surface area contributed by atoms with Crippen molar-refractivity contribution in [2.75, 3.05) is 31.8 Å². The smallest absolute Gasteiger partial charge is 0.305 e. The quantitative estimate of drug-likeness (QED) is 0.660. The van der Waals surface area contributed by atoms with E-state index in [1.807, 2.05) is 47.8 Å². The maximum atomic E-state index is 12.1. The van der Waals surface area contributed by atoms with E-state index in [4.69, 9.17) is 14.6 Å². The van der Waals surface area contributed by atoms with Crippen molar-refractivity contribution in [3.05, 3.63) is 29.8 Å². The van der Waals surface area contributed by atoms with Gasteiger partial charge in [0.05, 0.1) is 23.1 Å². The van der Waals surface area contributed by atoms with E-state index in [-0.39, 0.29) is 25.5 Å². The molecule has 1 aromatic rings. The normalized spacial score (nSPS) is 17.3. The summed E-state index contributed by atoms with van der Waals surface area (Å²) >= 11 is 3.91. The largest absolute Gasteiger partial charge is 0.484 e. The number of rotatable bonds is 9. The number of amides is 1. The number of carboxylic acids is 1. The van der Waals surface area contributed by atoms with Crippen LogP contribution in [-0.4, -0.2) is 54.4 Å². The molecule has 1 amide bonds. The fraction of sp³-hybridized carbons (Fsp3) is 0.556. The molecular formula is C18H25NO5S2. The van der Waals surface area contributed by atoms with Gasteiger partial charge in [0.15, 0.2) is 6.61 Å². The molecule has 8 heteroatoms. The minimum atomic E-state index is -1.00. The zero-order valence-electron chi connectivity index (χ0n) is 15.0. The highest BCUT2D eigenvalue weighted by atomic mass is 32.2. The average Bonchev–Trinajstić information content (AvgIpc) is 2.60. The Morgan fingerprint density at radius 1 is 1.27 bits per heavy atom. The first-order chi connectivity index (χ1) is 12.4. The number of thioether (sulfide) groups is 2. The van der Waals surface area contributed by atoms with Gasteiger partial charge in [0.1, 0.15) is 5.75 Å². The van der Waals surface area contributed by atoms with Crippen LogP contribution in [0.15, 0.2) is 24.3 Å². The Kier molecular flexibility index (Phi) is 8.12. The van der Waals surface area contributed by atoms with Crippen LogP contribution < -0.4 is 10.1 Å². The van der Waals surface area contributed by atoms with Gasteiger partial charge < -0.3 is 19.9 Å². The standard InChI is InChI=1S/C18H25NO5S2/c1-18(12-23-2,10-16(21)22)19-15(20)11-24-14-6-4-13(5-7-14)17-25-8-3-9-26-17/h4-7,17H,3,8-12H2,1-2H3,(H,19,20)(H,21,22). The van der Waals surface area contributed by atoms with Crippen LogP contribution in [0, 0.1) is 0 Å². The summed E-state index contributed by atoms with van der Waals surface area (Å²) in [7, 11) is 1.47. The molecular weight excluding hydrogens is 374 g/mol. The minimum Gasteiger partial charge on any atom is -0.484 e. The van der Waals surface area contributed by atoms with Crippen molar-refractivity contribution in [1.82, 2.24) is 5.32 Å². The lowest BCUT2D eigenvalue weighted by atomic mass is 9.99. The number of carbonyl (C=O) groups is 2. The summed E-state index contributed by atoms with van der Waals surface area (Å²) < 4.78 is 11.0. The van der Waals surface area contributed by atoms with Crippen molar-refractivity contribution in [3.63, 3.8) is 0 Å². The van der Waals surface area contributed by atoms with E-state index in [2.05, 4.69) is 5.32 Å². The molecule has 1 unspecified atom stereocenters. The van der Waals surface area contributed by atoms with Crippen molar-refractivity contribution in [2.24, 2.45) is 0 Å². The summed E-state index contributed by atoms with van der Waals surface area (Å²) in [5.74, 6) is 1.61. The maximum absolute atomic E-state index is 12.1. The van der Waals surface area contributed by atoms with Crippen molar-refractivity contribution in [1.29, 1.82) is 0 Å². The molecule has 1 aromatic carbocycles. The molecule has 1 aliphatic rings. The van der Waals surface area contributed by atoms with Gasteiger partial charge >= 0.3 is 5.97 Å². The van der Waals surface area contributed by atoms with Gasteiger partial charge in [0, 0.05) is 7.11 Å². The van der Waals surface area contributed by atoms with Gasteiger partial charge in [0.2, 0.25) is 0 Å². The molecule has 2 rings (SSSR count). The minimum absolute atomic E-state index is 0.108. The summed E-state index contributed by atoms with van der Waals surface area (Å²) in [4.78, 5) is 23.1. The third-order valence-corrected chi connectivity index (χ3v) is 6.81. The molecule has 0 aromatic heterocycles. The number of hydrogen-bond acceptors (Lipinski definition) is 6. The van der Waals surface area contributed by atoms with Crippen LogP contribution in [0.3, 0.4) is 0 Å². The van der Waals surface area contributed by atoms with Crippen LogP contribution in [-0.2, 0) is 14.3 Å². The highest BCUT2D eigenvalue weighted by Crippen LogP contribution is 2.43. The molecule has 0 aliphatic carbocycles. The van der Waals surface area contributed by atoms with E-state index < -0.39 is 11.5 Å². The maximum Gasteiger partial charge on any atom is 0.305 e. The molecule has 26 heavy (non-hydrogen) atoms. The molecule has 1 saturated heterocycles. The second-order valence-electron chi connectivity index (χ2n) is 6.40.